The maximum absolute atomic E-state index is 5.74. The molecule has 2 unspecified atom stereocenters. The second kappa shape index (κ2) is 6.24. The molecule has 1 aromatic heterocycles. The zero-order valence-corrected chi connectivity index (χ0v) is 13.7. The number of benzene rings is 1. The van der Waals surface area contributed by atoms with Crippen LogP contribution >= 0.6 is 27.3 Å². The molecule has 5 heteroatoms. The lowest BCUT2D eigenvalue weighted by molar-refractivity contribution is 0.243. The Hall–Kier alpha value is -0.910. The van der Waals surface area contributed by atoms with E-state index in [2.05, 4.69) is 39.2 Å². The molecule has 0 amide bonds. The van der Waals surface area contributed by atoms with E-state index in [9.17, 15) is 0 Å². The third kappa shape index (κ3) is 2.90. The van der Waals surface area contributed by atoms with Crippen molar-refractivity contribution in [3.8, 4) is 5.75 Å². The Morgan fingerprint density at radius 3 is 3.20 bits per heavy atom. The van der Waals surface area contributed by atoms with Gasteiger partial charge in [-0.05, 0) is 24.6 Å². The molecule has 2 atom stereocenters. The first-order valence-electron chi connectivity index (χ1n) is 6.85. The van der Waals surface area contributed by atoms with Crippen molar-refractivity contribution in [3.05, 3.63) is 44.8 Å². The van der Waals surface area contributed by atoms with E-state index >= 15 is 0 Å². The maximum atomic E-state index is 5.74. The second-order valence-electron chi connectivity index (χ2n) is 4.87. The van der Waals surface area contributed by atoms with Crippen LogP contribution in [0.4, 0.5) is 0 Å². The van der Waals surface area contributed by atoms with Crippen molar-refractivity contribution in [2.45, 2.75) is 31.8 Å². The van der Waals surface area contributed by atoms with Gasteiger partial charge in [-0.25, -0.2) is 4.98 Å². The van der Waals surface area contributed by atoms with Gasteiger partial charge in [0.25, 0.3) is 0 Å². The zero-order valence-electron chi connectivity index (χ0n) is 11.3. The van der Waals surface area contributed by atoms with E-state index in [-0.39, 0.29) is 0 Å². The van der Waals surface area contributed by atoms with Gasteiger partial charge in [-0.15, -0.1) is 11.3 Å². The molecule has 3 rings (SSSR count). The van der Waals surface area contributed by atoms with Gasteiger partial charge in [0.05, 0.1) is 12.6 Å². The molecule has 0 saturated heterocycles. The number of rotatable bonds is 4. The molecule has 3 nitrogen and oxygen atoms in total. The molecule has 1 aliphatic heterocycles. The van der Waals surface area contributed by atoms with Crippen molar-refractivity contribution in [1.82, 2.24) is 10.3 Å². The van der Waals surface area contributed by atoms with Crippen LogP contribution in [0.1, 0.15) is 42.4 Å². The van der Waals surface area contributed by atoms with E-state index in [0.717, 1.165) is 34.7 Å². The molecular formula is C15H17BrN2OS. The Balaban J connectivity index is 1.83. The molecular weight excluding hydrogens is 336 g/mol. The largest absolute Gasteiger partial charge is 0.493 e. The third-order valence-electron chi connectivity index (χ3n) is 3.57. The van der Waals surface area contributed by atoms with Crippen LogP contribution in [0, 0.1) is 0 Å². The Morgan fingerprint density at radius 1 is 1.55 bits per heavy atom. The first-order chi connectivity index (χ1) is 9.78. The summed E-state index contributed by atoms with van der Waals surface area (Å²) in [6, 6.07) is 6.85. The molecule has 0 fully saturated rings. The van der Waals surface area contributed by atoms with Gasteiger partial charge in [-0.2, -0.15) is 0 Å². The van der Waals surface area contributed by atoms with Crippen LogP contribution in [0.5, 0.6) is 5.75 Å². The molecule has 0 aliphatic carbocycles. The highest BCUT2D eigenvalue weighted by atomic mass is 79.9. The number of thiazole rings is 1. The Bertz CT molecular complexity index is 573. The molecule has 2 aromatic rings. The smallest absolute Gasteiger partial charge is 0.124 e. The fraction of sp³-hybridized carbons (Fsp3) is 0.400. The van der Waals surface area contributed by atoms with Crippen LogP contribution in [0.15, 0.2) is 34.2 Å². The molecule has 106 valence electrons. The van der Waals surface area contributed by atoms with Gasteiger partial charge < -0.3 is 10.1 Å². The van der Waals surface area contributed by atoms with Crippen LogP contribution in [0.25, 0.3) is 0 Å². The van der Waals surface area contributed by atoms with Gasteiger partial charge in [-0.3, -0.25) is 0 Å². The molecule has 1 aromatic carbocycles. The summed E-state index contributed by atoms with van der Waals surface area (Å²) < 4.78 is 6.83. The average Bonchev–Trinajstić information content (AvgIpc) is 2.99. The first kappa shape index (κ1) is 14.0. The van der Waals surface area contributed by atoms with Gasteiger partial charge in [0, 0.05) is 34.1 Å². The highest BCUT2D eigenvalue weighted by molar-refractivity contribution is 9.10. The van der Waals surface area contributed by atoms with Crippen molar-refractivity contribution in [1.29, 1.82) is 0 Å². The van der Waals surface area contributed by atoms with Crippen LogP contribution in [-0.4, -0.2) is 11.6 Å². The van der Waals surface area contributed by atoms with Crippen molar-refractivity contribution >= 4 is 27.3 Å². The number of hydrogen-bond acceptors (Lipinski definition) is 4. The minimum Gasteiger partial charge on any atom is -0.493 e. The lowest BCUT2D eigenvalue weighted by Crippen LogP contribution is -2.30. The summed E-state index contributed by atoms with van der Waals surface area (Å²) in [6.45, 7) is 2.96. The number of nitrogens with zero attached hydrogens (tertiary/aromatic N) is 1. The lowest BCUT2D eigenvalue weighted by atomic mass is 9.99. The van der Waals surface area contributed by atoms with E-state index in [1.165, 1.54) is 5.56 Å². The molecule has 0 radical (unpaired) electrons. The summed E-state index contributed by atoms with van der Waals surface area (Å²) in [7, 11) is 0. The van der Waals surface area contributed by atoms with E-state index in [1.807, 2.05) is 23.7 Å². The molecule has 1 N–H and O–H groups in total. The Labute approximate surface area is 131 Å². The van der Waals surface area contributed by atoms with Crippen LogP contribution in [0.2, 0.25) is 0 Å². The maximum Gasteiger partial charge on any atom is 0.124 e. The number of hydrogen-bond donors (Lipinski definition) is 1. The average molecular weight is 353 g/mol. The summed E-state index contributed by atoms with van der Waals surface area (Å²) in [4.78, 5) is 4.44. The third-order valence-corrected chi connectivity index (χ3v) is 4.95. The van der Waals surface area contributed by atoms with Crippen molar-refractivity contribution in [2.75, 3.05) is 6.61 Å². The van der Waals surface area contributed by atoms with Gasteiger partial charge in [0.2, 0.25) is 0 Å². The van der Waals surface area contributed by atoms with Gasteiger partial charge in [0.15, 0.2) is 0 Å². The van der Waals surface area contributed by atoms with Gasteiger partial charge in [-0.1, -0.05) is 22.9 Å². The van der Waals surface area contributed by atoms with E-state index in [4.69, 9.17) is 4.74 Å². The fourth-order valence-corrected chi connectivity index (χ4v) is 3.71. The topological polar surface area (TPSA) is 34.1 Å². The summed E-state index contributed by atoms with van der Waals surface area (Å²) in [5.74, 6) is 0.992. The standard InChI is InChI=1S/C15H17BrN2OS/c1-2-12(15-17-6-8-20-15)18-13-5-7-19-14-4-3-10(16)9-11(13)14/h3-4,6,8-9,12-13,18H,2,5,7H2,1H3. The molecule has 2 heterocycles. The predicted molar refractivity (Wildman–Crippen MR) is 85.3 cm³/mol. The zero-order chi connectivity index (χ0) is 13.9. The summed E-state index contributed by atoms with van der Waals surface area (Å²) in [5, 5.41) is 6.94. The van der Waals surface area contributed by atoms with Crippen molar-refractivity contribution < 1.29 is 4.74 Å². The minimum absolute atomic E-state index is 0.310. The summed E-state index contributed by atoms with van der Waals surface area (Å²) in [5.41, 5.74) is 1.24. The van der Waals surface area contributed by atoms with E-state index in [0.29, 0.717) is 12.1 Å². The first-order valence-corrected chi connectivity index (χ1v) is 8.53. The lowest BCUT2D eigenvalue weighted by Gasteiger charge is -2.29. The second-order valence-corrected chi connectivity index (χ2v) is 6.71. The van der Waals surface area contributed by atoms with Crippen LogP contribution < -0.4 is 10.1 Å². The molecule has 0 bridgehead atoms. The normalized spacial score (nSPS) is 19.2. The molecule has 1 aliphatic rings. The number of fused-ring (bicyclic) bond motifs is 1. The van der Waals surface area contributed by atoms with Crippen molar-refractivity contribution in [2.24, 2.45) is 0 Å². The highest BCUT2D eigenvalue weighted by Crippen LogP contribution is 2.36. The molecule has 0 saturated carbocycles. The predicted octanol–water partition coefficient (Wildman–Crippen LogP) is 4.47. The SMILES string of the molecule is CCC(NC1CCOc2ccc(Br)cc21)c1nccs1. The molecule has 0 spiro atoms. The van der Waals surface area contributed by atoms with Gasteiger partial charge >= 0.3 is 0 Å². The Morgan fingerprint density at radius 2 is 2.45 bits per heavy atom. The van der Waals surface area contributed by atoms with Gasteiger partial charge in [0.1, 0.15) is 10.8 Å². The number of ether oxygens (including phenoxy) is 1. The highest BCUT2D eigenvalue weighted by Gasteiger charge is 2.25. The number of halogens is 1. The monoisotopic (exact) mass is 352 g/mol. The van der Waals surface area contributed by atoms with Crippen molar-refractivity contribution in [3.63, 3.8) is 0 Å². The Kier molecular flexibility index (Phi) is 4.38. The quantitative estimate of drug-likeness (QED) is 0.881. The van der Waals surface area contributed by atoms with Crippen LogP contribution in [0.3, 0.4) is 0 Å². The minimum atomic E-state index is 0.310. The van der Waals surface area contributed by atoms with E-state index in [1.54, 1.807) is 11.3 Å². The summed E-state index contributed by atoms with van der Waals surface area (Å²) in [6.07, 6.45) is 3.90. The van der Waals surface area contributed by atoms with Crippen LogP contribution in [-0.2, 0) is 0 Å². The fourth-order valence-electron chi connectivity index (χ4n) is 2.55. The number of aromatic nitrogens is 1. The number of nitrogens with one attached hydrogen (secondary N) is 1. The molecule has 20 heavy (non-hydrogen) atoms. The van der Waals surface area contributed by atoms with E-state index < -0.39 is 0 Å². The summed E-state index contributed by atoms with van der Waals surface area (Å²) >= 11 is 5.26.